The van der Waals surface area contributed by atoms with Crippen molar-refractivity contribution in [3.8, 4) is 0 Å². The Bertz CT molecular complexity index is 1230. The second-order valence-electron chi connectivity index (χ2n) is 16.8. The van der Waals surface area contributed by atoms with Crippen LogP contribution in [0.5, 0.6) is 0 Å². The van der Waals surface area contributed by atoms with Crippen molar-refractivity contribution in [2.45, 2.75) is 180 Å². The molecule has 2 atom stereocenters. The van der Waals surface area contributed by atoms with Crippen molar-refractivity contribution in [2.75, 3.05) is 54.1 Å². The molecule has 1 N–H and O–H groups in total. The van der Waals surface area contributed by atoms with Gasteiger partial charge in [-0.2, -0.15) is 0 Å². The predicted molar refractivity (Wildman–Crippen MR) is 256 cm³/mol. The molecule has 0 aliphatic rings. The first-order chi connectivity index (χ1) is 29.1. The van der Waals surface area contributed by atoms with Gasteiger partial charge in [0.1, 0.15) is 19.3 Å². The number of hydrogen-bond donors (Lipinski definition) is 1. The first-order valence-corrected chi connectivity index (χ1v) is 25.3. The number of hydrogen-bond acceptors (Lipinski definition) is 6. The number of likely N-dealkylation sites (N-methyl/N-ethyl adjacent to an activating group) is 1. The number of allylic oxidation sites excluding steroid dienone is 14. The standard InChI is InChI=1S/C51H90NO7P/c1-6-8-10-12-14-16-18-20-21-22-23-24-25-26-27-28-29-30-31-32-33-35-37-39-41-43-46-56-48-50(49-58-60(54,55)57-47-45-52(3,4)5)59-51(53)44-42-40-38-36-34-19-17-15-13-11-9-7-2/h8,10,14,16,20-21,23-24,26-27,29-30,32-33,50H,6-7,9,11-13,15,17-19,22,25,28,31,34-49H2,1-5H3/p+1/b10-8-,16-14-,21-20-,24-23-,27-26-,30-29-,33-32-. The maximum absolute atomic E-state index is 12.7. The Morgan fingerprint density at radius 1 is 0.533 bits per heavy atom. The molecule has 0 radical (unpaired) electrons. The van der Waals surface area contributed by atoms with E-state index in [-0.39, 0.29) is 25.8 Å². The predicted octanol–water partition coefficient (Wildman–Crippen LogP) is 14.4. The third-order valence-electron chi connectivity index (χ3n) is 9.72. The third-order valence-corrected chi connectivity index (χ3v) is 10.7. The summed E-state index contributed by atoms with van der Waals surface area (Å²) in [6, 6.07) is 0. The van der Waals surface area contributed by atoms with Gasteiger partial charge in [-0.15, -0.1) is 0 Å². The number of phosphoric acid groups is 1. The van der Waals surface area contributed by atoms with Gasteiger partial charge in [0.25, 0.3) is 0 Å². The number of esters is 1. The maximum atomic E-state index is 12.7. The van der Waals surface area contributed by atoms with E-state index in [4.69, 9.17) is 18.5 Å². The van der Waals surface area contributed by atoms with Gasteiger partial charge in [-0.25, -0.2) is 4.57 Å². The molecular formula is C51H91NO7P+. The number of carbonyl (C=O) groups excluding carboxylic acids is 1. The first-order valence-electron chi connectivity index (χ1n) is 23.8. The van der Waals surface area contributed by atoms with Crippen LogP contribution in [0.2, 0.25) is 0 Å². The minimum absolute atomic E-state index is 0.0798. The van der Waals surface area contributed by atoms with E-state index in [1.54, 1.807) is 0 Å². The van der Waals surface area contributed by atoms with Crippen LogP contribution in [0.25, 0.3) is 0 Å². The highest BCUT2D eigenvalue weighted by atomic mass is 31.2. The van der Waals surface area contributed by atoms with Crippen LogP contribution < -0.4 is 0 Å². The lowest BCUT2D eigenvalue weighted by molar-refractivity contribution is -0.870. The minimum atomic E-state index is -4.29. The number of carbonyl (C=O) groups is 1. The van der Waals surface area contributed by atoms with Crippen molar-refractivity contribution in [2.24, 2.45) is 0 Å². The number of rotatable bonds is 43. The SMILES string of the molecule is CC/C=C\C/C=C\C/C=C\C/C=C\C/C=C\C/C=C\C/C=C\CCCCCCOCC(COP(=O)(O)OCC[N+](C)(C)C)OC(=O)CCCCCCCCCCCCCC. The molecule has 0 saturated heterocycles. The highest BCUT2D eigenvalue weighted by Crippen LogP contribution is 2.43. The van der Waals surface area contributed by atoms with Crippen molar-refractivity contribution >= 4 is 13.8 Å². The Balaban J connectivity index is 4.22. The van der Waals surface area contributed by atoms with E-state index in [2.05, 4.69) is 98.9 Å². The fourth-order valence-corrected chi connectivity index (χ4v) is 6.80. The maximum Gasteiger partial charge on any atom is 0.472 e. The molecule has 9 heteroatoms. The molecule has 0 saturated carbocycles. The summed E-state index contributed by atoms with van der Waals surface area (Å²) < 4.78 is 35.0. The van der Waals surface area contributed by atoms with Gasteiger partial charge in [0.2, 0.25) is 0 Å². The van der Waals surface area contributed by atoms with Crippen LogP contribution in [0.4, 0.5) is 0 Å². The van der Waals surface area contributed by atoms with Gasteiger partial charge in [-0.3, -0.25) is 13.8 Å². The highest BCUT2D eigenvalue weighted by molar-refractivity contribution is 7.47. The molecule has 0 fully saturated rings. The molecule has 0 amide bonds. The summed E-state index contributed by atoms with van der Waals surface area (Å²) in [5.41, 5.74) is 0. The number of quaternary nitrogens is 1. The Morgan fingerprint density at radius 2 is 0.967 bits per heavy atom. The fourth-order valence-electron chi connectivity index (χ4n) is 6.06. The fraction of sp³-hybridized carbons (Fsp3) is 0.706. The second kappa shape index (κ2) is 43.3. The van der Waals surface area contributed by atoms with Gasteiger partial charge in [-0.05, 0) is 70.6 Å². The number of nitrogens with zero attached hydrogens (tertiary/aromatic N) is 1. The van der Waals surface area contributed by atoms with Crippen molar-refractivity contribution in [1.29, 1.82) is 0 Å². The van der Waals surface area contributed by atoms with Crippen molar-refractivity contribution in [1.82, 2.24) is 0 Å². The molecule has 346 valence electrons. The molecule has 0 heterocycles. The zero-order valence-corrected chi connectivity index (χ0v) is 40.1. The van der Waals surface area contributed by atoms with Crippen molar-refractivity contribution in [3.63, 3.8) is 0 Å². The summed E-state index contributed by atoms with van der Waals surface area (Å²) in [5, 5.41) is 0. The lowest BCUT2D eigenvalue weighted by atomic mass is 10.0. The Labute approximate surface area is 369 Å². The third kappa shape index (κ3) is 46.7. The Hall–Kier alpha value is -2.32. The topological polar surface area (TPSA) is 91.3 Å². The largest absolute Gasteiger partial charge is 0.472 e. The summed E-state index contributed by atoms with van der Waals surface area (Å²) >= 11 is 0. The molecule has 0 aromatic heterocycles. The Kier molecular flexibility index (Phi) is 41.7. The van der Waals surface area contributed by atoms with Crippen LogP contribution in [0.15, 0.2) is 85.1 Å². The molecule has 60 heavy (non-hydrogen) atoms. The van der Waals surface area contributed by atoms with E-state index in [1.165, 1.54) is 57.8 Å². The van der Waals surface area contributed by atoms with Gasteiger partial charge in [0.15, 0.2) is 0 Å². The molecule has 2 unspecified atom stereocenters. The van der Waals surface area contributed by atoms with Crippen molar-refractivity contribution in [3.05, 3.63) is 85.1 Å². The first kappa shape index (κ1) is 57.7. The molecule has 0 aromatic rings. The van der Waals surface area contributed by atoms with Crippen LogP contribution in [0.1, 0.15) is 174 Å². The zero-order valence-electron chi connectivity index (χ0n) is 39.2. The molecule has 0 aliphatic heterocycles. The number of unbranched alkanes of at least 4 members (excludes halogenated alkanes) is 15. The highest BCUT2D eigenvalue weighted by Gasteiger charge is 2.26. The smallest absolute Gasteiger partial charge is 0.457 e. The molecule has 0 aromatic carbocycles. The normalized spacial score (nSPS) is 14.4. The van der Waals surface area contributed by atoms with Crippen LogP contribution in [-0.2, 0) is 27.9 Å². The average molecular weight is 861 g/mol. The zero-order chi connectivity index (χ0) is 44.1. The van der Waals surface area contributed by atoms with E-state index in [9.17, 15) is 14.3 Å². The quantitative estimate of drug-likeness (QED) is 0.0215. The lowest BCUT2D eigenvalue weighted by Gasteiger charge is -2.24. The van der Waals surface area contributed by atoms with Crippen LogP contribution in [0, 0.1) is 0 Å². The minimum Gasteiger partial charge on any atom is -0.457 e. The summed E-state index contributed by atoms with van der Waals surface area (Å²) in [6.07, 6.45) is 57.7. The van der Waals surface area contributed by atoms with Gasteiger partial charge in [-0.1, -0.05) is 182 Å². The summed E-state index contributed by atoms with van der Waals surface area (Å²) in [6.45, 7) is 5.43. The lowest BCUT2D eigenvalue weighted by Crippen LogP contribution is -2.37. The van der Waals surface area contributed by atoms with E-state index in [0.29, 0.717) is 24.1 Å². The number of ether oxygens (including phenoxy) is 2. The Morgan fingerprint density at radius 3 is 1.45 bits per heavy atom. The van der Waals surface area contributed by atoms with E-state index in [1.807, 2.05) is 21.1 Å². The van der Waals surface area contributed by atoms with Gasteiger partial charge < -0.3 is 18.9 Å². The van der Waals surface area contributed by atoms with Gasteiger partial charge >= 0.3 is 13.8 Å². The number of phosphoric ester groups is 1. The molecular weight excluding hydrogens is 770 g/mol. The molecule has 8 nitrogen and oxygen atoms in total. The van der Waals surface area contributed by atoms with Crippen LogP contribution in [0.3, 0.4) is 0 Å². The van der Waals surface area contributed by atoms with E-state index >= 15 is 0 Å². The van der Waals surface area contributed by atoms with E-state index in [0.717, 1.165) is 96.3 Å². The molecule has 0 rings (SSSR count). The van der Waals surface area contributed by atoms with Gasteiger partial charge in [0, 0.05) is 13.0 Å². The second-order valence-corrected chi connectivity index (χ2v) is 18.2. The van der Waals surface area contributed by atoms with Crippen molar-refractivity contribution < 1.29 is 37.3 Å². The summed E-state index contributed by atoms with van der Waals surface area (Å²) in [7, 11) is 1.64. The molecule has 0 spiro atoms. The van der Waals surface area contributed by atoms with Gasteiger partial charge in [0.05, 0.1) is 34.4 Å². The summed E-state index contributed by atoms with van der Waals surface area (Å²) in [4.78, 5) is 22.9. The average Bonchev–Trinajstić information content (AvgIpc) is 3.20. The monoisotopic (exact) mass is 861 g/mol. The van der Waals surface area contributed by atoms with E-state index < -0.39 is 13.9 Å². The summed E-state index contributed by atoms with van der Waals surface area (Å²) in [5.74, 6) is -0.327. The van der Waals surface area contributed by atoms with Crippen LogP contribution in [-0.4, -0.2) is 75.6 Å². The molecule has 0 bridgehead atoms. The van der Waals surface area contributed by atoms with Crippen LogP contribution >= 0.6 is 7.82 Å². The molecule has 0 aliphatic carbocycles.